The van der Waals surface area contributed by atoms with E-state index < -0.39 is 0 Å². The Balaban J connectivity index is 1.75. The van der Waals surface area contributed by atoms with Crippen molar-refractivity contribution < 1.29 is 9.53 Å². The summed E-state index contributed by atoms with van der Waals surface area (Å²) >= 11 is 0. The molecule has 1 heterocycles. The molecule has 1 fully saturated rings. The first kappa shape index (κ1) is 16.0. The summed E-state index contributed by atoms with van der Waals surface area (Å²) in [5, 5.41) is 0. The molecule has 116 valence electrons. The van der Waals surface area contributed by atoms with E-state index in [1.54, 1.807) is 4.90 Å². The fraction of sp³-hybridized carbons (Fsp3) is 0.588. The molecule has 21 heavy (non-hydrogen) atoms. The van der Waals surface area contributed by atoms with E-state index in [-0.39, 0.29) is 12.0 Å². The topological polar surface area (TPSA) is 55.6 Å². The van der Waals surface area contributed by atoms with Crippen molar-refractivity contribution in [2.24, 2.45) is 5.73 Å². The lowest BCUT2D eigenvalue weighted by Gasteiger charge is -2.23. The van der Waals surface area contributed by atoms with E-state index in [9.17, 15) is 4.79 Å². The van der Waals surface area contributed by atoms with Gasteiger partial charge in [0.2, 0.25) is 5.91 Å². The molecule has 1 atom stereocenters. The van der Waals surface area contributed by atoms with Crippen molar-refractivity contribution in [3.8, 4) is 0 Å². The van der Waals surface area contributed by atoms with E-state index in [0.717, 1.165) is 37.0 Å². The Labute approximate surface area is 127 Å². The first-order valence-electron chi connectivity index (χ1n) is 7.82. The zero-order chi connectivity index (χ0) is 15.1. The minimum atomic E-state index is 0.187. The van der Waals surface area contributed by atoms with E-state index in [0.29, 0.717) is 19.5 Å². The van der Waals surface area contributed by atoms with E-state index in [4.69, 9.17) is 10.5 Å². The lowest BCUT2D eigenvalue weighted by Crippen LogP contribution is -2.28. The highest BCUT2D eigenvalue weighted by atomic mass is 16.5. The summed E-state index contributed by atoms with van der Waals surface area (Å²) in [6.07, 6.45) is 5.17. The van der Waals surface area contributed by atoms with Gasteiger partial charge in [-0.1, -0.05) is 24.3 Å². The van der Waals surface area contributed by atoms with Crippen molar-refractivity contribution in [3.05, 3.63) is 35.4 Å². The Morgan fingerprint density at radius 1 is 1.29 bits per heavy atom. The third kappa shape index (κ3) is 5.14. The fourth-order valence-corrected chi connectivity index (χ4v) is 2.65. The van der Waals surface area contributed by atoms with E-state index in [1.807, 2.05) is 31.3 Å². The van der Waals surface area contributed by atoms with Crippen molar-refractivity contribution in [1.29, 1.82) is 0 Å². The first-order valence-corrected chi connectivity index (χ1v) is 7.82. The smallest absolute Gasteiger partial charge is 0.222 e. The van der Waals surface area contributed by atoms with Crippen LogP contribution >= 0.6 is 0 Å². The normalized spacial score (nSPS) is 18.5. The highest BCUT2D eigenvalue weighted by molar-refractivity contribution is 5.75. The van der Waals surface area contributed by atoms with Crippen molar-refractivity contribution >= 4 is 5.91 Å². The molecule has 1 aliphatic heterocycles. The number of ether oxygens (including phenoxy) is 1. The van der Waals surface area contributed by atoms with Crippen molar-refractivity contribution in [2.45, 2.75) is 51.3 Å². The molecule has 1 aromatic rings. The van der Waals surface area contributed by atoms with Gasteiger partial charge in [-0.25, -0.2) is 0 Å². The van der Waals surface area contributed by atoms with Crippen LogP contribution in [0.1, 0.15) is 43.2 Å². The maximum Gasteiger partial charge on any atom is 0.222 e. The fourth-order valence-electron chi connectivity index (χ4n) is 2.65. The predicted octanol–water partition coefficient (Wildman–Crippen LogP) is 2.45. The van der Waals surface area contributed by atoms with Crippen LogP contribution in [0.4, 0.5) is 0 Å². The van der Waals surface area contributed by atoms with Crippen LogP contribution in [0.3, 0.4) is 0 Å². The molecule has 0 saturated carbocycles. The van der Waals surface area contributed by atoms with Crippen LogP contribution in [0, 0.1) is 0 Å². The lowest BCUT2D eigenvalue weighted by atomic mass is 10.0. The predicted molar refractivity (Wildman–Crippen MR) is 83.6 cm³/mol. The summed E-state index contributed by atoms with van der Waals surface area (Å²) < 4.78 is 5.67. The molecule has 1 saturated heterocycles. The van der Waals surface area contributed by atoms with E-state index >= 15 is 0 Å². The number of hydrogen-bond acceptors (Lipinski definition) is 3. The maximum atomic E-state index is 12.2. The van der Waals surface area contributed by atoms with Crippen LogP contribution in [0.25, 0.3) is 0 Å². The second-order valence-corrected chi connectivity index (χ2v) is 5.80. The van der Waals surface area contributed by atoms with Crippen LogP contribution < -0.4 is 5.73 Å². The standard InChI is InChI=1S/C17H26N2O2/c1-19(13-15-7-5-14(12-18)6-8-15)17(20)10-9-16-4-2-3-11-21-16/h5-8,16H,2-4,9-13,18H2,1H3. The Hall–Kier alpha value is -1.39. The van der Waals surface area contributed by atoms with Crippen molar-refractivity contribution in [3.63, 3.8) is 0 Å². The lowest BCUT2D eigenvalue weighted by molar-refractivity contribution is -0.131. The van der Waals surface area contributed by atoms with Gasteiger partial charge in [0.25, 0.3) is 0 Å². The van der Waals surface area contributed by atoms with E-state index in [1.165, 1.54) is 6.42 Å². The minimum absolute atomic E-state index is 0.187. The summed E-state index contributed by atoms with van der Waals surface area (Å²) in [5.74, 6) is 0.187. The monoisotopic (exact) mass is 290 g/mol. The van der Waals surface area contributed by atoms with Gasteiger partial charge in [0.05, 0.1) is 6.10 Å². The Morgan fingerprint density at radius 2 is 2.00 bits per heavy atom. The van der Waals surface area contributed by atoms with Gasteiger partial charge in [-0.2, -0.15) is 0 Å². The molecule has 0 bridgehead atoms. The van der Waals surface area contributed by atoms with Crippen LogP contribution in [0.15, 0.2) is 24.3 Å². The SMILES string of the molecule is CN(Cc1ccc(CN)cc1)C(=O)CCC1CCCCO1. The van der Waals surface area contributed by atoms with Crippen molar-refractivity contribution in [2.75, 3.05) is 13.7 Å². The largest absolute Gasteiger partial charge is 0.378 e. The average Bonchev–Trinajstić information content (AvgIpc) is 2.54. The molecule has 0 radical (unpaired) electrons. The molecule has 0 aliphatic carbocycles. The highest BCUT2D eigenvalue weighted by Gasteiger charge is 2.17. The third-order valence-corrected chi connectivity index (χ3v) is 4.06. The van der Waals surface area contributed by atoms with Gasteiger partial charge in [0, 0.05) is 33.2 Å². The molecule has 1 aliphatic rings. The number of carbonyl (C=O) groups excluding carboxylic acids is 1. The van der Waals surface area contributed by atoms with Gasteiger partial charge in [-0.3, -0.25) is 4.79 Å². The summed E-state index contributed by atoms with van der Waals surface area (Å²) in [6.45, 7) is 2.05. The summed E-state index contributed by atoms with van der Waals surface area (Å²) in [5.41, 5.74) is 7.83. The molecule has 1 unspecified atom stereocenters. The van der Waals surface area contributed by atoms with Gasteiger partial charge in [0.15, 0.2) is 0 Å². The molecule has 4 heteroatoms. The summed E-state index contributed by atoms with van der Waals surface area (Å²) in [4.78, 5) is 14.0. The highest BCUT2D eigenvalue weighted by Crippen LogP contribution is 2.17. The Kier molecular flexibility index (Phi) is 6.21. The number of carbonyl (C=O) groups is 1. The zero-order valence-electron chi connectivity index (χ0n) is 12.9. The third-order valence-electron chi connectivity index (χ3n) is 4.06. The Bertz CT molecular complexity index is 439. The molecular formula is C17H26N2O2. The van der Waals surface area contributed by atoms with Crippen LogP contribution in [0.5, 0.6) is 0 Å². The van der Waals surface area contributed by atoms with E-state index in [2.05, 4.69) is 0 Å². The molecule has 0 aromatic heterocycles. The number of hydrogen-bond donors (Lipinski definition) is 1. The van der Waals surface area contributed by atoms with Crippen molar-refractivity contribution in [1.82, 2.24) is 4.90 Å². The molecule has 2 rings (SSSR count). The summed E-state index contributed by atoms with van der Waals surface area (Å²) in [7, 11) is 1.86. The average molecular weight is 290 g/mol. The first-order chi connectivity index (χ1) is 10.2. The van der Waals surface area contributed by atoms with Gasteiger partial charge in [0.1, 0.15) is 0 Å². The number of rotatable bonds is 6. The maximum absolute atomic E-state index is 12.2. The molecule has 1 aromatic carbocycles. The number of amides is 1. The molecule has 2 N–H and O–H groups in total. The second kappa shape index (κ2) is 8.15. The molecule has 1 amide bonds. The van der Waals surface area contributed by atoms with Crippen LogP contribution in [0.2, 0.25) is 0 Å². The van der Waals surface area contributed by atoms with Crippen LogP contribution in [-0.2, 0) is 22.6 Å². The van der Waals surface area contributed by atoms with Gasteiger partial charge in [-0.05, 0) is 36.8 Å². The van der Waals surface area contributed by atoms with Gasteiger partial charge < -0.3 is 15.4 Å². The minimum Gasteiger partial charge on any atom is -0.378 e. The van der Waals surface area contributed by atoms with Gasteiger partial charge >= 0.3 is 0 Å². The van der Waals surface area contributed by atoms with Gasteiger partial charge in [-0.15, -0.1) is 0 Å². The summed E-state index contributed by atoms with van der Waals surface area (Å²) in [6, 6.07) is 8.11. The number of benzene rings is 1. The molecule has 4 nitrogen and oxygen atoms in total. The second-order valence-electron chi connectivity index (χ2n) is 5.80. The molecular weight excluding hydrogens is 264 g/mol. The Morgan fingerprint density at radius 3 is 2.62 bits per heavy atom. The van der Waals surface area contributed by atoms with Crippen LogP contribution in [-0.4, -0.2) is 30.6 Å². The molecule has 0 spiro atoms. The number of nitrogens with zero attached hydrogens (tertiary/aromatic N) is 1. The zero-order valence-corrected chi connectivity index (χ0v) is 12.9. The number of nitrogens with two attached hydrogens (primary N) is 1. The quantitative estimate of drug-likeness (QED) is 0.875.